The van der Waals surface area contributed by atoms with Gasteiger partial charge < -0.3 is 24.1 Å². The number of carbonyl (C=O) groups is 2. The van der Waals surface area contributed by atoms with Crippen molar-refractivity contribution in [3.8, 4) is 11.5 Å². The smallest absolute Gasteiger partial charge is 0.325 e. The minimum Gasteiger partial charge on any atom is -0.497 e. The van der Waals surface area contributed by atoms with Crippen molar-refractivity contribution in [3.05, 3.63) is 59.7 Å². The lowest BCUT2D eigenvalue weighted by Gasteiger charge is -2.23. The van der Waals surface area contributed by atoms with Gasteiger partial charge in [0.05, 0.1) is 13.7 Å². The number of hydrogen-bond acceptors (Lipinski definition) is 6. The lowest BCUT2D eigenvalue weighted by Crippen LogP contribution is -2.25. The molecule has 0 aliphatic carbocycles. The summed E-state index contributed by atoms with van der Waals surface area (Å²) in [6, 6.07) is 13.4. The lowest BCUT2D eigenvalue weighted by atomic mass is 9.99. The van der Waals surface area contributed by atoms with Crippen LogP contribution < -0.4 is 9.47 Å². The minimum absolute atomic E-state index is 0.0210. The molecule has 1 saturated heterocycles. The molecule has 1 aliphatic heterocycles. The van der Waals surface area contributed by atoms with Gasteiger partial charge in [-0.15, -0.1) is 0 Å². The molecule has 7 nitrogen and oxygen atoms in total. The SMILES string of the molecule is COc1ccc(COC(=O)[C@H](C(=O)O)c2ccc(O[C@@H]3CCCCO3)cc2)cc1. The summed E-state index contributed by atoms with van der Waals surface area (Å²) in [6.45, 7) is 0.649. The van der Waals surface area contributed by atoms with Gasteiger partial charge in [-0.2, -0.15) is 0 Å². The predicted molar refractivity (Wildman–Crippen MR) is 104 cm³/mol. The van der Waals surface area contributed by atoms with Gasteiger partial charge in [-0.1, -0.05) is 24.3 Å². The van der Waals surface area contributed by atoms with Gasteiger partial charge >= 0.3 is 11.9 Å². The summed E-state index contributed by atoms with van der Waals surface area (Å²) >= 11 is 0. The first-order valence-corrected chi connectivity index (χ1v) is 9.47. The quantitative estimate of drug-likeness (QED) is 0.535. The molecule has 0 unspecified atom stereocenters. The average molecular weight is 400 g/mol. The molecule has 2 atom stereocenters. The summed E-state index contributed by atoms with van der Waals surface area (Å²) < 4.78 is 21.6. The van der Waals surface area contributed by atoms with Crippen LogP contribution in [-0.4, -0.2) is 37.1 Å². The lowest BCUT2D eigenvalue weighted by molar-refractivity contribution is -0.155. The molecule has 0 bridgehead atoms. The van der Waals surface area contributed by atoms with Gasteiger partial charge in [-0.3, -0.25) is 9.59 Å². The summed E-state index contributed by atoms with van der Waals surface area (Å²) in [5.41, 5.74) is 1.06. The van der Waals surface area contributed by atoms with Crippen molar-refractivity contribution in [1.82, 2.24) is 0 Å². The maximum absolute atomic E-state index is 12.4. The standard InChI is InChI=1S/C22H24O7/c1-26-17-9-5-15(6-10-17)14-28-22(25)20(21(23)24)16-7-11-18(12-8-16)29-19-4-2-3-13-27-19/h5-12,19-20H,2-4,13-14H2,1H3,(H,23,24)/t19-,20+/m1/s1. The highest BCUT2D eigenvalue weighted by molar-refractivity contribution is 5.99. The first kappa shape index (κ1) is 20.7. The molecule has 1 fully saturated rings. The number of esters is 1. The van der Waals surface area contributed by atoms with E-state index < -0.39 is 17.9 Å². The van der Waals surface area contributed by atoms with Gasteiger partial charge in [0.1, 0.15) is 18.1 Å². The van der Waals surface area contributed by atoms with E-state index in [1.165, 1.54) is 0 Å². The van der Waals surface area contributed by atoms with E-state index in [-0.39, 0.29) is 12.9 Å². The number of benzene rings is 2. The number of aliphatic carboxylic acids is 1. The zero-order valence-electron chi connectivity index (χ0n) is 16.2. The second-order valence-electron chi connectivity index (χ2n) is 6.71. The van der Waals surface area contributed by atoms with Crippen LogP contribution in [0.3, 0.4) is 0 Å². The van der Waals surface area contributed by atoms with Crippen LogP contribution in [0.2, 0.25) is 0 Å². The molecule has 0 aromatic heterocycles. The summed E-state index contributed by atoms with van der Waals surface area (Å²) in [5.74, 6) is -2.25. The maximum atomic E-state index is 12.4. The molecule has 29 heavy (non-hydrogen) atoms. The number of carboxylic acids is 1. The fraction of sp³-hybridized carbons (Fsp3) is 0.364. The molecule has 0 spiro atoms. The van der Waals surface area contributed by atoms with E-state index in [0.717, 1.165) is 24.8 Å². The van der Waals surface area contributed by atoms with Crippen molar-refractivity contribution < 1.29 is 33.6 Å². The van der Waals surface area contributed by atoms with Crippen LogP contribution >= 0.6 is 0 Å². The highest BCUT2D eigenvalue weighted by Gasteiger charge is 2.30. The third kappa shape index (κ3) is 5.71. The van der Waals surface area contributed by atoms with Gasteiger partial charge in [0, 0.05) is 6.42 Å². The summed E-state index contributed by atoms with van der Waals surface area (Å²) in [7, 11) is 1.56. The Hall–Kier alpha value is -3.06. The Kier molecular flexibility index (Phi) is 7.08. The Balaban J connectivity index is 1.61. The van der Waals surface area contributed by atoms with Crippen LogP contribution in [0, 0.1) is 0 Å². The average Bonchev–Trinajstić information content (AvgIpc) is 2.74. The van der Waals surface area contributed by atoms with Crippen LogP contribution in [0.25, 0.3) is 0 Å². The monoisotopic (exact) mass is 400 g/mol. The first-order chi connectivity index (χ1) is 14.1. The topological polar surface area (TPSA) is 91.3 Å². The van der Waals surface area contributed by atoms with E-state index in [2.05, 4.69) is 0 Å². The van der Waals surface area contributed by atoms with Crippen molar-refractivity contribution in [3.63, 3.8) is 0 Å². The Labute approximate surface area is 169 Å². The fourth-order valence-corrected chi connectivity index (χ4v) is 3.03. The predicted octanol–water partition coefficient (Wildman–Crippen LogP) is 3.51. The number of rotatable bonds is 8. The molecule has 1 aliphatic rings. The molecule has 0 amide bonds. The second kappa shape index (κ2) is 9.93. The zero-order valence-corrected chi connectivity index (χ0v) is 16.2. The molecule has 7 heteroatoms. The molecule has 0 radical (unpaired) electrons. The summed E-state index contributed by atoms with van der Waals surface area (Å²) in [4.78, 5) is 24.1. The molecule has 3 rings (SSSR count). The highest BCUT2D eigenvalue weighted by atomic mass is 16.7. The highest BCUT2D eigenvalue weighted by Crippen LogP contribution is 2.24. The zero-order chi connectivity index (χ0) is 20.6. The van der Waals surface area contributed by atoms with Crippen LogP contribution in [-0.2, 0) is 25.7 Å². The van der Waals surface area contributed by atoms with E-state index in [9.17, 15) is 14.7 Å². The molecule has 154 valence electrons. The second-order valence-corrected chi connectivity index (χ2v) is 6.71. The number of hydrogen-bond donors (Lipinski definition) is 1. The number of carboxylic acid groups (broad SMARTS) is 1. The van der Waals surface area contributed by atoms with Crippen molar-refractivity contribution in [1.29, 1.82) is 0 Å². The van der Waals surface area contributed by atoms with Crippen molar-refractivity contribution in [2.75, 3.05) is 13.7 Å². The summed E-state index contributed by atoms with van der Waals surface area (Å²) in [5, 5.41) is 9.52. The third-order valence-electron chi connectivity index (χ3n) is 4.64. The minimum atomic E-state index is -1.41. The van der Waals surface area contributed by atoms with E-state index in [1.54, 1.807) is 55.6 Å². The van der Waals surface area contributed by atoms with E-state index in [1.807, 2.05) is 0 Å². The van der Waals surface area contributed by atoms with Gasteiger partial charge in [-0.05, 0) is 48.2 Å². The van der Waals surface area contributed by atoms with Gasteiger partial charge in [0.2, 0.25) is 0 Å². The van der Waals surface area contributed by atoms with E-state index >= 15 is 0 Å². The van der Waals surface area contributed by atoms with Gasteiger partial charge in [0.25, 0.3) is 0 Å². The number of ether oxygens (including phenoxy) is 4. The molecule has 0 saturated carbocycles. The van der Waals surface area contributed by atoms with Crippen LogP contribution in [0.4, 0.5) is 0 Å². The first-order valence-electron chi connectivity index (χ1n) is 9.47. The molecule has 2 aromatic rings. The molecule has 1 heterocycles. The third-order valence-corrected chi connectivity index (χ3v) is 4.64. The van der Waals surface area contributed by atoms with Crippen molar-refractivity contribution in [2.45, 2.75) is 38.1 Å². The molecular weight excluding hydrogens is 376 g/mol. The largest absolute Gasteiger partial charge is 0.497 e. The molecule has 1 N–H and O–H groups in total. The van der Waals surface area contributed by atoms with Crippen molar-refractivity contribution >= 4 is 11.9 Å². The Morgan fingerprint density at radius 3 is 2.34 bits per heavy atom. The normalized spacial score (nSPS) is 17.2. The fourth-order valence-electron chi connectivity index (χ4n) is 3.03. The summed E-state index contributed by atoms with van der Waals surface area (Å²) in [6.07, 6.45) is 2.60. The van der Waals surface area contributed by atoms with E-state index in [0.29, 0.717) is 23.7 Å². The Bertz CT molecular complexity index is 808. The Morgan fingerprint density at radius 2 is 1.76 bits per heavy atom. The Morgan fingerprint density at radius 1 is 1.07 bits per heavy atom. The number of methoxy groups -OCH3 is 1. The van der Waals surface area contributed by atoms with Crippen LogP contribution in [0.5, 0.6) is 11.5 Å². The molecular formula is C22H24O7. The van der Waals surface area contributed by atoms with Crippen LogP contribution in [0.1, 0.15) is 36.3 Å². The molecule has 2 aromatic carbocycles. The van der Waals surface area contributed by atoms with Gasteiger partial charge in [0.15, 0.2) is 12.2 Å². The maximum Gasteiger partial charge on any atom is 0.325 e. The van der Waals surface area contributed by atoms with Crippen LogP contribution in [0.15, 0.2) is 48.5 Å². The number of carbonyl (C=O) groups excluding carboxylic acids is 1. The van der Waals surface area contributed by atoms with Gasteiger partial charge in [-0.25, -0.2) is 0 Å². The van der Waals surface area contributed by atoms with Crippen molar-refractivity contribution in [2.24, 2.45) is 0 Å². The van der Waals surface area contributed by atoms with E-state index in [4.69, 9.17) is 18.9 Å².